The van der Waals surface area contributed by atoms with Crippen LogP contribution in [0.25, 0.3) is 0 Å². The molecule has 1 aromatic carbocycles. The van der Waals surface area contributed by atoms with Crippen molar-refractivity contribution >= 4 is 28.9 Å². The molecule has 106 valence electrons. The Kier molecular flexibility index (Phi) is 3.25. The first-order chi connectivity index (χ1) is 9.54. The fraction of sp³-hybridized carbons (Fsp3) is 0.462. The van der Waals surface area contributed by atoms with E-state index in [2.05, 4.69) is 10.6 Å². The number of hydrogen-bond acceptors (Lipinski definition) is 4. The normalized spacial score (nSPS) is 17.6. The largest absolute Gasteiger partial charge is 0.377 e. The van der Waals surface area contributed by atoms with E-state index in [0.717, 1.165) is 25.7 Å². The summed E-state index contributed by atoms with van der Waals surface area (Å²) in [6.45, 7) is 0. The molecule has 0 aromatic heterocycles. The lowest BCUT2D eigenvalue weighted by molar-refractivity contribution is -0.384. The van der Waals surface area contributed by atoms with Gasteiger partial charge in [0.25, 0.3) is 11.6 Å². The van der Waals surface area contributed by atoms with E-state index in [1.165, 1.54) is 12.1 Å². The summed E-state index contributed by atoms with van der Waals surface area (Å²) in [5.74, 6) is -0.349. The van der Waals surface area contributed by atoms with Gasteiger partial charge < -0.3 is 10.6 Å². The van der Waals surface area contributed by atoms with E-state index in [1.54, 1.807) is 0 Å². The van der Waals surface area contributed by atoms with Crippen LogP contribution in [0.4, 0.5) is 11.4 Å². The topological polar surface area (TPSA) is 84.3 Å². The predicted molar refractivity (Wildman–Crippen MR) is 75.2 cm³/mol. The Balaban J connectivity index is 1.91. The van der Waals surface area contributed by atoms with Gasteiger partial charge in [-0.25, -0.2) is 0 Å². The highest BCUT2D eigenvalue weighted by atomic mass is 35.5. The van der Waals surface area contributed by atoms with Gasteiger partial charge in [0.15, 0.2) is 0 Å². The summed E-state index contributed by atoms with van der Waals surface area (Å²) in [7, 11) is 0. The van der Waals surface area contributed by atoms with Crippen molar-refractivity contribution < 1.29 is 9.72 Å². The second-order valence-corrected chi connectivity index (χ2v) is 5.68. The summed E-state index contributed by atoms with van der Waals surface area (Å²) in [4.78, 5) is 22.6. The number of nitrogens with one attached hydrogen (secondary N) is 2. The number of amides is 1. The van der Waals surface area contributed by atoms with Gasteiger partial charge in [0.05, 0.1) is 15.5 Å². The third-order valence-corrected chi connectivity index (χ3v) is 3.69. The van der Waals surface area contributed by atoms with Crippen LogP contribution in [0.2, 0.25) is 5.02 Å². The van der Waals surface area contributed by atoms with Gasteiger partial charge >= 0.3 is 0 Å². The molecule has 0 atom stereocenters. The monoisotopic (exact) mass is 295 g/mol. The first-order valence-electron chi connectivity index (χ1n) is 6.60. The third-order valence-electron chi connectivity index (χ3n) is 3.38. The summed E-state index contributed by atoms with van der Waals surface area (Å²) < 4.78 is 0. The summed E-state index contributed by atoms with van der Waals surface area (Å²) >= 11 is 6.09. The number of hydrogen-bond donors (Lipinski definition) is 2. The number of anilines is 1. The zero-order valence-corrected chi connectivity index (χ0v) is 11.4. The van der Waals surface area contributed by atoms with Crippen molar-refractivity contribution in [3.05, 3.63) is 32.8 Å². The summed E-state index contributed by atoms with van der Waals surface area (Å²) in [5.41, 5.74) is 0.430. The van der Waals surface area contributed by atoms with Gasteiger partial charge in [-0.15, -0.1) is 0 Å². The van der Waals surface area contributed by atoms with Crippen LogP contribution < -0.4 is 10.6 Å². The van der Waals surface area contributed by atoms with Gasteiger partial charge in [-0.3, -0.25) is 14.9 Å². The van der Waals surface area contributed by atoms with Gasteiger partial charge in [0, 0.05) is 18.2 Å². The molecule has 2 aliphatic rings. The molecule has 0 heterocycles. The van der Waals surface area contributed by atoms with E-state index in [9.17, 15) is 14.9 Å². The van der Waals surface area contributed by atoms with Gasteiger partial charge in [-0.2, -0.15) is 0 Å². The Labute approximate surface area is 120 Å². The maximum atomic E-state index is 12.0. The van der Waals surface area contributed by atoms with Crippen molar-refractivity contribution in [3.63, 3.8) is 0 Å². The van der Waals surface area contributed by atoms with Crippen molar-refractivity contribution in [2.75, 3.05) is 5.32 Å². The minimum atomic E-state index is -0.491. The van der Waals surface area contributed by atoms with Crippen LogP contribution in [0.5, 0.6) is 0 Å². The predicted octanol–water partition coefficient (Wildman–Crippen LogP) is 2.71. The lowest BCUT2D eigenvalue weighted by Gasteiger charge is -2.10. The van der Waals surface area contributed by atoms with Crippen molar-refractivity contribution in [2.24, 2.45) is 0 Å². The maximum absolute atomic E-state index is 12.0. The number of carbonyl (C=O) groups is 1. The average Bonchev–Trinajstić information content (AvgIpc) is 3.24. The average molecular weight is 296 g/mol. The highest BCUT2D eigenvalue weighted by molar-refractivity contribution is 6.34. The number of nitrogens with zero attached hydrogens (tertiary/aromatic N) is 1. The second-order valence-electron chi connectivity index (χ2n) is 5.27. The lowest BCUT2D eigenvalue weighted by Crippen LogP contribution is -2.25. The Bertz CT molecular complexity index is 582. The molecule has 0 spiro atoms. The fourth-order valence-corrected chi connectivity index (χ4v) is 2.19. The number of nitro benzene ring substituents is 1. The van der Waals surface area contributed by atoms with Gasteiger partial charge in [0.2, 0.25) is 0 Å². The minimum Gasteiger partial charge on any atom is -0.377 e. The highest BCUT2D eigenvalue weighted by Gasteiger charge is 2.29. The van der Waals surface area contributed by atoms with E-state index in [0.29, 0.717) is 5.69 Å². The second kappa shape index (κ2) is 4.94. The molecule has 2 N–H and O–H groups in total. The minimum absolute atomic E-state index is 0.109. The number of carbonyl (C=O) groups excluding carboxylic acids is 1. The molecule has 2 saturated carbocycles. The molecular weight excluding hydrogens is 282 g/mol. The van der Waals surface area contributed by atoms with Crippen LogP contribution in [0.15, 0.2) is 12.1 Å². The summed E-state index contributed by atoms with van der Waals surface area (Å²) in [5, 5.41) is 17.2. The first kappa shape index (κ1) is 13.2. The number of benzene rings is 1. The van der Waals surface area contributed by atoms with Crippen LogP contribution >= 0.6 is 11.6 Å². The van der Waals surface area contributed by atoms with E-state index in [1.807, 2.05) is 0 Å². The smallest absolute Gasteiger partial charge is 0.293 e. The molecule has 0 bridgehead atoms. The van der Waals surface area contributed by atoms with E-state index in [-0.39, 0.29) is 34.3 Å². The molecule has 0 radical (unpaired) electrons. The molecule has 1 aromatic rings. The molecule has 0 aliphatic heterocycles. The molecule has 2 fully saturated rings. The fourth-order valence-electron chi connectivity index (χ4n) is 1.94. The van der Waals surface area contributed by atoms with Crippen molar-refractivity contribution in [2.45, 2.75) is 37.8 Å². The SMILES string of the molecule is O=C(NC1CC1)c1cc([N+](=O)[O-])c(NC2CC2)cc1Cl. The molecular formula is C13H14ClN3O3. The Hall–Kier alpha value is -1.82. The van der Waals surface area contributed by atoms with E-state index in [4.69, 9.17) is 11.6 Å². The molecule has 7 heteroatoms. The number of nitro groups is 1. The Morgan fingerprint density at radius 3 is 2.45 bits per heavy atom. The van der Waals surface area contributed by atoms with Crippen LogP contribution in [0.1, 0.15) is 36.0 Å². The maximum Gasteiger partial charge on any atom is 0.293 e. The van der Waals surface area contributed by atoms with Crippen molar-refractivity contribution in [1.82, 2.24) is 5.32 Å². The molecule has 0 unspecified atom stereocenters. The number of halogens is 1. The van der Waals surface area contributed by atoms with E-state index >= 15 is 0 Å². The van der Waals surface area contributed by atoms with Crippen LogP contribution in [-0.2, 0) is 0 Å². The zero-order chi connectivity index (χ0) is 14.3. The molecule has 2 aliphatic carbocycles. The molecule has 20 heavy (non-hydrogen) atoms. The van der Waals surface area contributed by atoms with Crippen LogP contribution in [-0.4, -0.2) is 22.9 Å². The van der Waals surface area contributed by atoms with E-state index < -0.39 is 4.92 Å². The quantitative estimate of drug-likeness (QED) is 0.646. The molecule has 0 saturated heterocycles. The molecule has 1 amide bonds. The lowest BCUT2D eigenvalue weighted by atomic mass is 10.1. The van der Waals surface area contributed by atoms with Crippen LogP contribution in [0.3, 0.4) is 0 Å². The van der Waals surface area contributed by atoms with Gasteiger partial charge in [0.1, 0.15) is 5.69 Å². The van der Waals surface area contributed by atoms with Crippen molar-refractivity contribution in [3.8, 4) is 0 Å². The summed E-state index contributed by atoms with van der Waals surface area (Å²) in [6.07, 6.45) is 3.90. The molecule has 3 rings (SSSR count). The third kappa shape index (κ3) is 2.85. The van der Waals surface area contributed by atoms with Gasteiger partial charge in [-0.05, 0) is 31.7 Å². The number of rotatable bonds is 5. The van der Waals surface area contributed by atoms with Gasteiger partial charge in [-0.1, -0.05) is 11.6 Å². The summed E-state index contributed by atoms with van der Waals surface area (Å²) in [6, 6.07) is 3.18. The first-order valence-corrected chi connectivity index (χ1v) is 6.97. The Morgan fingerprint density at radius 1 is 1.25 bits per heavy atom. The highest BCUT2D eigenvalue weighted by Crippen LogP contribution is 2.35. The van der Waals surface area contributed by atoms with Crippen LogP contribution in [0, 0.1) is 10.1 Å². The zero-order valence-electron chi connectivity index (χ0n) is 10.7. The molecule has 6 nitrogen and oxygen atoms in total. The van der Waals surface area contributed by atoms with Crippen molar-refractivity contribution in [1.29, 1.82) is 0 Å². The Morgan fingerprint density at radius 2 is 1.90 bits per heavy atom. The standard InChI is InChI=1S/C13H14ClN3O3/c14-10-6-11(15-7-1-2-7)12(17(19)20)5-9(10)13(18)16-8-3-4-8/h5-8,15H,1-4H2,(H,16,18).